The third-order valence-corrected chi connectivity index (χ3v) is 8.02. The number of anilines is 2. The number of nitrogens with zero attached hydrogens (tertiary/aromatic N) is 4. The number of aromatic nitrogens is 3. The lowest BCUT2D eigenvalue weighted by atomic mass is 10.0. The first-order valence-corrected chi connectivity index (χ1v) is 14.1. The van der Waals surface area contributed by atoms with Gasteiger partial charge in [0.15, 0.2) is 5.76 Å². The van der Waals surface area contributed by atoms with Gasteiger partial charge in [0.25, 0.3) is 0 Å². The Labute approximate surface area is 238 Å². The van der Waals surface area contributed by atoms with Crippen molar-refractivity contribution in [1.82, 2.24) is 24.8 Å². The van der Waals surface area contributed by atoms with E-state index in [-0.39, 0.29) is 24.2 Å². The Kier molecular flexibility index (Phi) is 6.23. The van der Waals surface area contributed by atoms with Gasteiger partial charge in [-0.2, -0.15) is 0 Å². The van der Waals surface area contributed by atoms with Crippen molar-refractivity contribution < 1.29 is 9.21 Å². The highest BCUT2D eigenvalue weighted by Crippen LogP contribution is 2.37. The molecule has 2 aliphatic heterocycles. The number of carbonyl (C=O) groups is 1. The van der Waals surface area contributed by atoms with Gasteiger partial charge in [-0.25, -0.2) is 9.97 Å². The van der Waals surface area contributed by atoms with Crippen molar-refractivity contribution >= 4 is 28.3 Å². The molecule has 1 unspecified atom stereocenters. The molecule has 3 N–H and O–H groups in total. The molecule has 9 heteroatoms. The van der Waals surface area contributed by atoms with Crippen molar-refractivity contribution in [3.8, 4) is 22.8 Å². The van der Waals surface area contributed by atoms with E-state index >= 15 is 0 Å². The average Bonchev–Trinajstić information content (AvgIpc) is 3.77. The number of likely N-dealkylation sites (N-methyl/N-ethyl adjacent to an activating group) is 1. The van der Waals surface area contributed by atoms with Crippen LogP contribution < -0.4 is 10.6 Å². The highest BCUT2D eigenvalue weighted by atomic mass is 16.4. The molecule has 9 nitrogen and oxygen atoms in total. The van der Waals surface area contributed by atoms with Gasteiger partial charge in [-0.15, -0.1) is 0 Å². The van der Waals surface area contributed by atoms with Crippen molar-refractivity contribution in [1.29, 1.82) is 0 Å². The van der Waals surface area contributed by atoms with Gasteiger partial charge in [-0.05, 0) is 75.8 Å². The number of imidazole rings is 1. The molecule has 1 amide bonds. The second kappa shape index (κ2) is 10.1. The van der Waals surface area contributed by atoms with Gasteiger partial charge in [0, 0.05) is 17.7 Å². The van der Waals surface area contributed by atoms with E-state index in [1.54, 1.807) is 6.20 Å². The lowest BCUT2D eigenvalue weighted by Gasteiger charge is -2.31. The van der Waals surface area contributed by atoms with E-state index in [0.29, 0.717) is 11.7 Å². The van der Waals surface area contributed by atoms with Crippen LogP contribution in [0.5, 0.6) is 0 Å². The topological polar surface area (TPSA) is 102 Å². The number of fused-ring (bicyclic) bond motifs is 2. The van der Waals surface area contributed by atoms with Crippen molar-refractivity contribution in [2.24, 2.45) is 0 Å². The molecule has 208 valence electrons. The van der Waals surface area contributed by atoms with E-state index in [0.717, 1.165) is 64.3 Å². The van der Waals surface area contributed by atoms with Crippen LogP contribution in [0.3, 0.4) is 0 Å². The molecule has 1 fully saturated rings. The minimum absolute atomic E-state index is 0.0940. The molecule has 7 rings (SSSR count). The predicted octanol–water partition coefficient (Wildman–Crippen LogP) is 6.03. The molecule has 1 saturated heterocycles. The molecule has 0 spiro atoms. The Balaban J connectivity index is 1.14. The molecule has 2 aliphatic rings. The summed E-state index contributed by atoms with van der Waals surface area (Å²) in [7, 11) is 3.91. The van der Waals surface area contributed by atoms with Gasteiger partial charge in [-0.3, -0.25) is 9.69 Å². The van der Waals surface area contributed by atoms with Crippen LogP contribution in [0.25, 0.3) is 33.8 Å². The smallest absolute Gasteiger partial charge is 0.245 e. The third kappa shape index (κ3) is 4.62. The van der Waals surface area contributed by atoms with E-state index in [1.807, 2.05) is 78.5 Å². The van der Waals surface area contributed by atoms with Crippen LogP contribution in [0.15, 0.2) is 77.3 Å². The molecule has 0 saturated carbocycles. The summed E-state index contributed by atoms with van der Waals surface area (Å²) in [6.45, 7) is 2.80. The van der Waals surface area contributed by atoms with E-state index in [4.69, 9.17) is 9.40 Å². The van der Waals surface area contributed by atoms with Gasteiger partial charge in [0.2, 0.25) is 11.8 Å². The van der Waals surface area contributed by atoms with Crippen molar-refractivity contribution in [2.45, 2.75) is 38.0 Å². The molecule has 0 radical (unpaired) electrons. The first kappa shape index (κ1) is 25.3. The number of likely N-dealkylation sites (tertiary alicyclic amines) is 1. The minimum Gasteiger partial charge on any atom is -0.436 e. The Bertz CT molecular complexity index is 1720. The largest absolute Gasteiger partial charge is 0.436 e. The van der Waals surface area contributed by atoms with Crippen LogP contribution >= 0.6 is 0 Å². The maximum atomic E-state index is 13.8. The Morgan fingerprint density at radius 2 is 1.83 bits per heavy atom. The summed E-state index contributed by atoms with van der Waals surface area (Å²) >= 11 is 0. The number of oxazole rings is 1. The lowest BCUT2D eigenvalue weighted by Crippen LogP contribution is -2.40. The van der Waals surface area contributed by atoms with Gasteiger partial charge in [0.1, 0.15) is 11.9 Å². The summed E-state index contributed by atoms with van der Waals surface area (Å²) in [5.41, 5.74) is 6.72. The first-order chi connectivity index (χ1) is 19.9. The van der Waals surface area contributed by atoms with Gasteiger partial charge >= 0.3 is 0 Å². The normalized spacial score (nSPS) is 18.9. The fourth-order valence-electron chi connectivity index (χ4n) is 6.08. The lowest BCUT2D eigenvalue weighted by molar-refractivity contribution is -0.137. The summed E-state index contributed by atoms with van der Waals surface area (Å²) in [5.74, 6) is 2.18. The molecule has 2 aromatic heterocycles. The fourth-order valence-corrected chi connectivity index (χ4v) is 6.08. The zero-order valence-corrected chi connectivity index (χ0v) is 23.4. The number of amides is 1. The first-order valence-electron chi connectivity index (χ1n) is 14.1. The van der Waals surface area contributed by atoms with Crippen LogP contribution in [-0.2, 0) is 4.79 Å². The summed E-state index contributed by atoms with van der Waals surface area (Å²) in [5, 5.41) is 6.79. The van der Waals surface area contributed by atoms with Crippen molar-refractivity contribution in [2.75, 3.05) is 31.3 Å². The SMILES string of the molecule is CC1Nc2ccc(-c3cnc(-c4ccc5nc([C@@H]6CCCN6C(=O)[C@@H](c6ccccc6)N(C)C)[nH]c5c4)o3)cc2N1. The molecular formula is C32H33N7O2. The summed E-state index contributed by atoms with van der Waals surface area (Å²) in [6.07, 6.45) is 3.78. The van der Waals surface area contributed by atoms with Crippen LogP contribution in [0, 0.1) is 0 Å². The summed E-state index contributed by atoms with van der Waals surface area (Å²) in [4.78, 5) is 30.8. The highest BCUT2D eigenvalue weighted by Gasteiger charge is 2.37. The summed E-state index contributed by atoms with van der Waals surface area (Å²) < 4.78 is 6.19. The highest BCUT2D eigenvalue weighted by molar-refractivity contribution is 5.85. The Morgan fingerprint density at radius 1 is 1.02 bits per heavy atom. The molecule has 5 aromatic rings. The fraction of sp³-hybridized carbons (Fsp3) is 0.281. The number of carbonyl (C=O) groups excluding carboxylic acids is 1. The molecule has 41 heavy (non-hydrogen) atoms. The van der Waals surface area contributed by atoms with Crippen molar-refractivity contribution in [3.63, 3.8) is 0 Å². The number of benzene rings is 3. The van der Waals surface area contributed by atoms with Gasteiger partial charge in [0.05, 0.1) is 40.8 Å². The second-order valence-corrected chi connectivity index (χ2v) is 11.1. The van der Waals surface area contributed by atoms with Crippen LogP contribution in [0.2, 0.25) is 0 Å². The zero-order valence-electron chi connectivity index (χ0n) is 23.4. The number of aromatic amines is 1. The summed E-state index contributed by atoms with van der Waals surface area (Å²) in [6, 6.07) is 21.7. The minimum atomic E-state index is -0.340. The van der Waals surface area contributed by atoms with Crippen LogP contribution in [-0.4, -0.2) is 57.5 Å². The molecular weight excluding hydrogens is 514 g/mol. The molecule has 0 bridgehead atoms. The van der Waals surface area contributed by atoms with E-state index in [2.05, 4.69) is 39.7 Å². The monoisotopic (exact) mass is 547 g/mol. The number of hydrogen-bond donors (Lipinski definition) is 3. The van der Waals surface area contributed by atoms with Crippen LogP contribution in [0.1, 0.15) is 43.2 Å². The van der Waals surface area contributed by atoms with E-state index < -0.39 is 0 Å². The maximum absolute atomic E-state index is 13.8. The van der Waals surface area contributed by atoms with Gasteiger partial charge < -0.3 is 24.9 Å². The standard InChI is InChI=1S/C32H33N7O2/c1-19-34-23-13-11-21(16-25(23)35-19)28-18-33-31(41-28)22-12-14-24-26(17-22)37-30(36-24)27-10-7-15-39(27)32(40)29(38(2)3)20-8-5-4-6-9-20/h4-6,8-9,11-14,16-19,27,29,34-35H,7,10,15H2,1-3H3,(H,36,37)/t19?,27-,29+/m0/s1. The molecule has 0 aliphatic carbocycles. The third-order valence-electron chi connectivity index (χ3n) is 8.02. The number of H-pyrrole nitrogens is 1. The molecule has 4 heterocycles. The van der Waals surface area contributed by atoms with E-state index in [1.165, 1.54) is 0 Å². The number of hydrogen-bond acceptors (Lipinski definition) is 7. The quantitative estimate of drug-likeness (QED) is 0.238. The Morgan fingerprint density at radius 3 is 2.66 bits per heavy atom. The van der Waals surface area contributed by atoms with Crippen molar-refractivity contribution in [3.05, 3.63) is 84.3 Å². The molecule has 3 aromatic carbocycles. The maximum Gasteiger partial charge on any atom is 0.245 e. The Hall–Kier alpha value is -4.63. The second-order valence-electron chi connectivity index (χ2n) is 11.1. The van der Waals surface area contributed by atoms with Gasteiger partial charge in [-0.1, -0.05) is 30.3 Å². The number of nitrogens with one attached hydrogen (secondary N) is 3. The molecule has 3 atom stereocenters. The zero-order chi connectivity index (χ0) is 28.1. The predicted molar refractivity (Wildman–Crippen MR) is 160 cm³/mol. The van der Waals surface area contributed by atoms with E-state index in [9.17, 15) is 4.79 Å². The number of rotatable bonds is 6. The average molecular weight is 548 g/mol. The van der Waals surface area contributed by atoms with Crippen LogP contribution in [0.4, 0.5) is 11.4 Å².